The molecular weight excluding hydrogens is 428 g/mol. The second-order valence-electron chi connectivity index (χ2n) is 8.59. The molecule has 2 aromatic carbocycles. The first-order valence-corrected chi connectivity index (χ1v) is 11.4. The lowest BCUT2D eigenvalue weighted by Crippen LogP contribution is -2.30. The maximum atomic E-state index is 13.3. The number of hydrogen-bond donors (Lipinski definition) is 1. The van der Waals surface area contributed by atoms with Gasteiger partial charge in [0.15, 0.2) is 0 Å². The molecule has 1 unspecified atom stereocenters. The number of carbonyl (C=O) groups excluding carboxylic acids is 2. The van der Waals surface area contributed by atoms with E-state index in [4.69, 9.17) is 4.74 Å². The van der Waals surface area contributed by atoms with Crippen molar-refractivity contribution < 1.29 is 19.4 Å². The first-order valence-electron chi connectivity index (χ1n) is 11.4. The molecule has 1 aliphatic heterocycles. The number of ketones is 1. The summed E-state index contributed by atoms with van der Waals surface area (Å²) < 4.78 is 5.55. The van der Waals surface area contributed by atoms with E-state index in [1.54, 1.807) is 42.6 Å². The number of amides is 1. The minimum Gasteiger partial charge on any atom is -0.507 e. The largest absolute Gasteiger partial charge is 0.507 e. The first-order chi connectivity index (χ1) is 16.3. The zero-order valence-electron chi connectivity index (χ0n) is 19.8. The van der Waals surface area contributed by atoms with Gasteiger partial charge in [-0.05, 0) is 66.8 Å². The maximum absolute atomic E-state index is 13.3. The molecule has 1 fully saturated rings. The van der Waals surface area contributed by atoms with Gasteiger partial charge in [-0.3, -0.25) is 14.5 Å². The summed E-state index contributed by atoms with van der Waals surface area (Å²) in [5.74, 6) is -0.314. The smallest absolute Gasteiger partial charge is 0.301 e. The molecule has 1 saturated heterocycles. The normalized spacial score (nSPS) is 17.4. The highest BCUT2D eigenvalue weighted by Gasteiger charge is 2.47. The number of benzene rings is 2. The van der Waals surface area contributed by atoms with Crippen LogP contribution in [0.2, 0.25) is 0 Å². The third kappa shape index (κ3) is 4.19. The number of aromatic nitrogens is 1. The van der Waals surface area contributed by atoms with Crippen LogP contribution in [0.4, 0.5) is 5.82 Å². The highest BCUT2D eigenvalue weighted by molar-refractivity contribution is 6.51. The SMILES string of the molecule is CCOc1ccc(C(O)=C2C(=O)C(=O)N(c3ccccn3)C2c2ccc(C(C)C)cc2)c(C)c1. The standard InChI is InChI=1S/C28H28N2O4/c1-5-34-21-13-14-22(18(4)16-21)26(31)24-25(20-11-9-19(10-12-20)17(2)3)30(28(33)27(24)32)23-8-6-7-15-29-23/h6-17,25,31H,5H2,1-4H3. The van der Waals surface area contributed by atoms with E-state index in [1.807, 2.05) is 38.1 Å². The third-order valence-electron chi connectivity index (χ3n) is 6.02. The van der Waals surface area contributed by atoms with Gasteiger partial charge >= 0.3 is 5.91 Å². The lowest BCUT2D eigenvalue weighted by molar-refractivity contribution is -0.132. The maximum Gasteiger partial charge on any atom is 0.301 e. The van der Waals surface area contributed by atoms with Crippen molar-refractivity contribution in [3.8, 4) is 5.75 Å². The second-order valence-corrected chi connectivity index (χ2v) is 8.59. The Hall–Kier alpha value is -3.93. The first kappa shape index (κ1) is 23.2. The van der Waals surface area contributed by atoms with Crippen molar-refractivity contribution in [2.45, 2.75) is 39.7 Å². The van der Waals surface area contributed by atoms with Gasteiger partial charge in [0, 0.05) is 11.8 Å². The van der Waals surface area contributed by atoms with E-state index in [0.717, 1.165) is 16.7 Å². The molecule has 2 heterocycles. The number of rotatable bonds is 6. The number of anilines is 1. The van der Waals surface area contributed by atoms with Gasteiger partial charge in [0.05, 0.1) is 18.2 Å². The van der Waals surface area contributed by atoms with E-state index in [1.165, 1.54) is 4.90 Å². The zero-order valence-corrected chi connectivity index (χ0v) is 19.8. The number of aryl methyl sites for hydroxylation is 1. The van der Waals surface area contributed by atoms with Crippen LogP contribution in [0.5, 0.6) is 5.75 Å². The van der Waals surface area contributed by atoms with E-state index < -0.39 is 17.7 Å². The highest BCUT2D eigenvalue weighted by atomic mass is 16.5. The molecule has 0 radical (unpaired) electrons. The van der Waals surface area contributed by atoms with Crippen molar-refractivity contribution in [2.24, 2.45) is 0 Å². The quantitative estimate of drug-likeness (QED) is 0.299. The Balaban J connectivity index is 1.90. The molecular formula is C28H28N2O4. The number of ether oxygens (including phenoxy) is 1. The predicted octanol–water partition coefficient (Wildman–Crippen LogP) is 5.54. The van der Waals surface area contributed by atoms with E-state index in [2.05, 4.69) is 18.8 Å². The monoisotopic (exact) mass is 456 g/mol. The average Bonchev–Trinajstić information content (AvgIpc) is 3.10. The highest BCUT2D eigenvalue weighted by Crippen LogP contribution is 2.42. The van der Waals surface area contributed by atoms with Crippen LogP contribution in [0, 0.1) is 6.92 Å². The Morgan fingerprint density at radius 3 is 2.41 bits per heavy atom. The summed E-state index contributed by atoms with van der Waals surface area (Å²) in [5, 5.41) is 11.4. The minimum atomic E-state index is -0.804. The Morgan fingerprint density at radius 1 is 1.09 bits per heavy atom. The number of aliphatic hydroxyl groups excluding tert-OH is 1. The number of aliphatic hydroxyl groups is 1. The molecule has 174 valence electrons. The molecule has 6 heteroatoms. The summed E-state index contributed by atoms with van der Waals surface area (Å²) in [7, 11) is 0. The Morgan fingerprint density at radius 2 is 1.82 bits per heavy atom. The van der Waals surface area contributed by atoms with Crippen LogP contribution in [0.15, 0.2) is 72.4 Å². The second kappa shape index (κ2) is 9.51. The lowest BCUT2D eigenvalue weighted by atomic mass is 9.92. The van der Waals surface area contributed by atoms with Crippen LogP contribution in [0.3, 0.4) is 0 Å². The van der Waals surface area contributed by atoms with Crippen molar-refractivity contribution in [3.05, 3.63) is 94.7 Å². The molecule has 1 aromatic heterocycles. The van der Waals surface area contributed by atoms with Gasteiger partial charge in [0.2, 0.25) is 0 Å². The number of hydrogen-bond acceptors (Lipinski definition) is 5. The Kier molecular flexibility index (Phi) is 6.50. The van der Waals surface area contributed by atoms with Crippen molar-refractivity contribution in [3.63, 3.8) is 0 Å². The van der Waals surface area contributed by atoms with E-state index >= 15 is 0 Å². The van der Waals surface area contributed by atoms with Crippen molar-refractivity contribution in [1.29, 1.82) is 0 Å². The summed E-state index contributed by atoms with van der Waals surface area (Å²) in [6.45, 7) is 8.45. The summed E-state index contributed by atoms with van der Waals surface area (Å²) in [4.78, 5) is 32.2. The van der Waals surface area contributed by atoms with Crippen LogP contribution in [-0.4, -0.2) is 28.4 Å². The van der Waals surface area contributed by atoms with Gasteiger partial charge in [-0.15, -0.1) is 0 Å². The molecule has 0 saturated carbocycles. The molecule has 0 bridgehead atoms. The van der Waals surface area contributed by atoms with Crippen LogP contribution in [0.25, 0.3) is 5.76 Å². The summed E-state index contributed by atoms with van der Waals surface area (Å²) in [5.41, 5.74) is 3.12. The third-order valence-corrected chi connectivity index (χ3v) is 6.02. The molecule has 1 N–H and O–H groups in total. The van der Waals surface area contributed by atoms with Crippen LogP contribution in [0.1, 0.15) is 55.0 Å². The predicted molar refractivity (Wildman–Crippen MR) is 132 cm³/mol. The number of nitrogens with zero attached hydrogens (tertiary/aromatic N) is 2. The Bertz CT molecular complexity index is 1250. The van der Waals surface area contributed by atoms with Crippen molar-refractivity contribution in [1.82, 2.24) is 4.98 Å². The number of carbonyl (C=O) groups is 2. The average molecular weight is 457 g/mol. The molecule has 1 amide bonds. The van der Waals surface area contributed by atoms with Gasteiger partial charge in [-0.1, -0.05) is 44.2 Å². The molecule has 3 aromatic rings. The fraction of sp³-hybridized carbons (Fsp3) is 0.250. The molecule has 6 nitrogen and oxygen atoms in total. The molecule has 4 rings (SSSR count). The number of Topliss-reactive ketones (excluding diaryl/α,β-unsaturated/α-hetero) is 1. The fourth-order valence-corrected chi connectivity index (χ4v) is 4.25. The van der Waals surface area contributed by atoms with Crippen LogP contribution >= 0.6 is 0 Å². The van der Waals surface area contributed by atoms with E-state index in [0.29, 0.717) is 29.7 Å². The zero-order chi connectivity index (χ0) is 24.4. The summed E-state index contributed by atoms with van der Waals surface area (Å²) in [6, 6.07) is 17.4. The molecule has 1 aliphatic rings. The van der Waals surface area contributed by atoms with Crippen LogP contribution in [-0.2, 0) is 9.59 Å². The van der Waals surface area contributed by atoms with Gasteiger partial charge in [-0.2, -0.15) is 0 Å². The Labute approximate surface area is 199 Å². The van der Waals surface area contributed by atoms with Gasteiger partial charge < -0.3 is 9.84 Å². The fourth-order valence-electron chi connectivity index (χ4n) is 4.25. The molecule has 0 aliphatic carbocycles. The van der Waals surface area contributed by atoms with Gasteiger partial charge in [0.25, 0.3) is 5.78 Å². The number of pyridine rings is 1. The molecule has 0 spiro atoms. The van der Waals surface area contributed by atoms with Crippen molar-refractivity contribution >= 4 is 23.3 Å². The van der Waals surface area contributed by atoms with E-state index in [9.17, 15) is 14.7 Å². The summed E-state index contributed by atoms with van der Waals surface area (Å²) in [6.07, 6.45) is 1.57. The summed E-state index contributed by atoms with van der Waals surface area (Å²) >= 11 is 0. The van der Waals surface area contributed by atoms with E-state index in [-0.39, 0.29) is 11.3 Å². The minimum absolute atomic E-state index is 0.0419. The van der Waals surface area contributed by atoms with Gasteiger partial charge in [0.1, 0.15) is 17.3 Å². The van der Waals surface area contributed by atoms with Crippen molar-refractivity contribution in [2.75, 3.05) is 11.5 Å². The van der Waals surface area contributed by atoms with Crippen LogP contribution < -0.4 is 9.64 Å². The van der Waals surface area contributed by atoms with Gasteiger partial charge in [-0.25, -0.2) is 4.98 Å². The molecule has 1 atom stereocenters. The topological polar surface area (TPSA) is 79.7 Å². The molecule has 34 heavy (non-hydrogen) atoms. The lowest BCUT2D eigenvalue weighted by Gasteiger charge is -2.25.